The first-order valence-electron chi connectivity index (χ1n) is 17.8. The van der Waals surface area contributed by atoms with Crippen LogP contribution < -0.4 is 54.8 Å². The van der Waals surface area contributed by atoms with E-state index in [0.717, 1.165) is 11.8 Å². The zero-order chi connectivity index (χ0) is 44.4. The van der Waals surface area contributed by atoms with Crippen LogP contribution in [-0.4, -0.2) is 153 Å². The highest BCUT2D eigenvalue weighted by molar-refractivity contribution is 5.98. The summed E-state index contributed by atoms with van der Waals surface area (Å²) in [6.45, 7) is 1.44. The summed E-state index contributed by atoms with van der Waals surface area (Å²) in [7, 11) is 0. The molecule has 1 fully saturated rings. The number of nitrogens with one attached hydrogen (secondary N) is 6. The van der Waals surface area contributed by atoms with Crippen molar-refractivity contribution in [2.75, 3.05) is 13.1 Å². The fourth-order valence-corrected chi connectivity index (χ4v) is 5.42. The van der Waals surface area contributed by atoms with Crippen LogP contribution in [0.5, 0.6) is 0 Å². The van der Waals surface area contributed by atoms with E-state index in [1.807, 2.05) is 5.32 Å². The number of likely N-dealkylation sites (tertiary alicyclic amines) is 1. The van der Waals surface area contributed by atoms with E-state index in [0.29, 0.717) is 0 Å². The molecule has 0 radical (unpaired) electrons. The number of aliphatic hydroxyl groups is 1. The Morgan fingerprint density at radius 1 is 0.672 bits per heavy atom. The molecule has 17 N–H and O–H groups in total. The van der Waals surface area contributed by atoms with Gasteiger partial charge in [0.1, 0.15) is 36.3 Å². The number of carboxylic acids is 2. The van der Waals surface area contributed by atoms with E-state index in [-0.39, 0.29) is 32.2 Å². The van der Waals surface area contributed by atoms with Gasteiger partial charge in [-0.1, -0.05) is 0 Å². The Hall–Kier alpha value is -6.44. The van der Waals surface area contributed by atoms with Crippen LogP contribution in [-0.2, 0) is 57.5 Å². The van der Waals surface area contributed by atoms with Gasteiger partial charge in [-0.2, -0.15) is 0 Å². The van der Waals surface area contributed by atoms with Gasteiger partial charge in [-0.15, -0.1) is 0 Å². The van der Waals surface area contributed by atoms with Gasteiger partial charge < -0.3 is 75.1 Å². The van der Waals surface area contributed by atoms with Crippen LogP contribution in [0.25, 0.3) is 0 Å². The van der Waals surface area contributed by atoms with Crippen molar-refractivity contribution in [1.82, 2.24) is 36.8 Å². The Kier molecular flexibility index (Phi) is 20.2. The molecular weight excluding hydrogens is 778 g/mol. The largest absolute Gasteiger partial charge is 0.481 e. The average molecular weight is 830 g/mol. The highest BCUT2D eigenvalue weighted by Gasteiger charge is 2.40. The molecule has 8 atom stereocenters. The van der Waals surface area contributed by atoms with Crippen molar-refractivity contribution in [3.63, 3.8) is 0 Å². The van der Waals surface area contributed by atoms with E-state index in [1.54, 1.807) is 0 Å². The summed E-state index contributed by atoms with van der Waals surface area (Å²) in [4.78, 5) is 149. The van der Waals surface area contributed by atoms with Gasteiger partial charge in [0.15, 0.2) is 0 Å². The topological polar surface area (TPSA) is 445 Å². The molecule has 10 amide bonds. The van der Waals surface area contributed by atoms with Crippen LogP contribution in [0.15, 0.2) is 0 Å². The second-order valence-corrected chi connectivity index (χ2v) is 13.3. The highest BCUT2D eigenvalue weighted by atomic mass is 16.4. The number of rotatable bonds is 25. The van der Waals surface area contributed by atoms with Crippen molar-refractivity contribution < 1.29 is 72.9 Å². The maximum Gasteiger partial charge on any atom is 0.326 e. The highest BCUT2D eigenvalue weighted by Crippen LogP contribution is 2.20. The Bertz CT molecular complexity index is 1610. The maximum atomic E-state index is 13.8. The molecule has 0 bridgehead atoms. The summed E-state index contributed by atoms with van der Waals surface area (Å²) in [6, 6.07) is -10.7. The Balaban J connectivity index is 3.12. The summed E-state index contributed by atoms with van der Waals surface area (Å²) >= 11 is 0. The first kappa shape index (κ1) is 49.6. The number of hydrogen-bond donors (Lipinski definition) is 13. The molecule has 0 spiro atoms. The Labute approximate surface area is 330 Å². The van der Waals surface area contributed by atoms with Gasteiger partial charge in [0, 0.05) is 19.4 Å². The standard InChI is InChI=1S/C32H51N11O15/c1-13(33)26(51)39-15(5-7-20(34)45)27(52)40-16(6-8-24(49)50)31(56)43-9-3-4-19(43)29(54)42-25(14(2)44)30(55)37-12-23(48)38-17(10-21(35)46)28(53)41-18(32(57)58)11-22(36)47/h13-19,25,44H,3-12,33H2,1-2H3,(H2,34,45)(H2,35,46)(H2,36,47)(H,37,55)(H,38,48)(H,39,51)(H,40,52)(H,41,53)(H,42,54)(H,49,50)(H,57,58). The SMILES string of the molecule is CC(N)C(=O)NC(CCC(N)=O)C(=O)NC(CCC(=O)O)C(=O)N1CCCC1C(=O)NC(C(=O)NCC(=O)NC(CC(N)=O)C(=O)NC(CC(N)=O)C(=O)O)C(C)O. The number of carbonyl (C=O) groups is 12. The first-order valence-corrected chi connectivity index (χ1v) is 17.8. The van der Waals surface area contributed by atoms with Gasteiger partial charge in [-0.25, -0.2) is 4.79 Å². The Morgan fingerprint density at radius 2 is 1.21 bits per heavy atom. The number of carbonyl (C=O) groups excluding carboxylic acids is 10. The monoisotopic (exact) mass is 829 g/mol. The lowest BCUT2D eigenvalue weighted by atomic mass is 10.1. The normalized spacial score (nSPS) is 17.0. The quantitative estimate of drug-likeness (QED) is 0.0406. The summed E-state index contributed by atoms with van der Waals surface area (Å²) in [5.41, 5.74) is 20.8. The fourth-order valence-electron chi connectivity index (χ4n) is 5.42. The minimum Gasteiger partial charge on any atom is -0.481 e. The number of hydrogen-bond acceptors (Lipinski definition) is 14. The summed E-state index contributed by atoms with van der Waals surface area (Å²) < 4.78 is 0. The molecule has 1 saturated heterocycles. The number of aliphatic hydroxyl groups excluding tert-OH is 1. The molecule has 26 heteroatoms. The van der Waals surface area contributed by atoms with Gasteiger partial charge >= 0.3 is 11.9 Å². The van der Waals surface area contributed by atoms with Crippen LogP contribution in [0.4, 0.5) is 0 Å². The average Bonchev–Trinajstić information content (AvgIpc) is 3.61. The molecule has 0 aromatic heterocycles. The van der Waals surface area contributed by atoms with Gasteiger partial charge in [-0.05, 0) is 39.5 Å². The van der Waals surface area contributed by atoms with E-state index in [9.17, 15) is 72.9 Å². The Morgan fingerprint density at radius 3 is 1.72 bits per heavy atom. The van der Waals surface area contributed by atoms with Crippen molar-refractivity contribution in [1.29, 1.82) is 0 Å². The lowest BCUT2D eigenvalue weighted by Crippen LogP contribution is -2.60. The van der Waals surface area contributed by atoms with Crippen LogP contribution in [0.3, 0.4) is 0 Å². The van der Waals surface area contributed by atoms with Crippen molar-refractivity contribution in [3.8, 4) is 0 Å². The lowest BCUT2D eigenvalue weighted by Gasteiger charge is -2.31. The van der Waals surface area contributed by atoms with Crippen LogP contribution >= 0.6 is 0 Å². The minimum absolute atomic E-state index is 0.0187. The zero-order valence-corrected chi connectivity index (χ0v) is 31.7. The molecular formula is C32H51N11O15. The van der Waals surface area contributed by atoms with Gasteiger partial charge in [0.05, 0.1) is 31.5 Å². The zero-order valence-electron chi connectivity index (χ0n) is 31.7. The third-order valence-electron chi connectivity index (χ3n) is 8.39. The smallest absolute Gasteiger partial charge is 0.326 e. The van der Waals surface area contributed by atoms with Crippen LogP contribution in [0.1, 0.15) is 65.2 Å². The van der Waals surface area contributed by atoms with E-state index in [2.05, 4.69) is 26.6 Å². The van der Waals surface area contributed by atoms with Crippen molar-refractivity contribution >= 4 is 71.0 Å². The number of carboxylic acid groups (broad SMARTS) is 2. The minimum atomic E-state index is -1.82. The molecule has 1 rings (SSSR count). The number of nitrogens with zero attached hydrogens (tertiary/aromatic N) is 1. The molecule has 0 saturated carbocycles. The van der Waals surface area contributed by atoms with Gasteiger partial charge in [-0.3, -0.25) is 52.7 Å². The lowest BCUT2D eigenvalue weighted by molar-refractivity contribution is -0.144. The van der Waals surface area contributed by atoms with Gasteiger partial charge in [0.25, 0.3) is 0 Å². The maximum absolute atomic E-state index is 13.8. The van der Waals surface area contributed by atoms with Crippen LogP contribution in [0.2, 0.25) is 0 Å². The third-order valence-corrected chi connectivity index (χ3v) is 8.39. The predicted octanol–water partition coefficient (Wildman–Crippen LogP) is -7.79. The molecule has 8 unspecified atom stereocenters. The molecule has 0 aliphatic carbocycles. The summed E-state index contributed by atoms with van der Waals surface area (Å²) in [6.07, 6.45) is -4.77. The van der Waals surface area contributed by atoms with Crippen LogP contribution in [0, 0.1) is 0 Å². The van der Waals surface area contributed by atoms with E-state index < -0.39 is 152 Å². The molecule has 1 aliphatic heterocycles. The van der Waals surface area contributed by atoms with Crippen molar-refractivity contribution in [3.05, 3.63) is 0 Å². The number of amides is 10. The molecule has 324 valence electrons. The van der Waals surface area contributed by atoms with Gasteiger partial charge in [0.2, 0.25) is 59.1 Å². The molecule has 1 heterocycles. The van der Waals surface area contributed by atoms with Crippen molar-refractivity contribution in [2.45, 2.75) is 114 Å². The number of nitrogens with two attached hydrogens (primary N) is 4. The molecule has 0 aromatic carbocycles. The second-order valence-electron chi connectivity index (χ2n) is 13.3. The molecule has 26 nitrogen and oxygen atoms in total. The van der Waals surface area contributed by atoms with E-state index >= 15 is 0 Å². The summed E-state index contributed by atoms with van der Waals surface area (Å²) in [5, 5.41) is 42.0. The third kappa shape index (κ3) is 17.1. The molecule has 58 heavy (non-hydrogen) atoms. The van der Waals surface area contributed by atoms with Crippen molar-refractivity contribution in [2.24, 2.45) is 22.9 Å². The number of aliphatic carboxylic acids is 2. The number of primary amides is 3. The first-order chi connectivity index (χ1) is 26.9. The summed E-state index contributed by atoms with van der Waals surface area (Å²) in [5.74, 6) is -13.1. The van der Waals surface area contributed by atoms with E-state index in [4.69, 9.17) is 22.9 Å². The predicted molar refractivity (Wildman–Crippen MR) is 193 cm³/mol. The second kappa shape index (κ2) is 23.6. The molecule has 1 aliphatic rings. The molecule has 0 aromatic rings. The van der Waals surface area contributed by atoms with E-state index in [1.165, 1.54) is 6.92 Å². The fraction of sp³-hybridized carbons (Fsp3) is 0.625.